The Balaban J connectivity index is 2.38. The molecule has 1 fully saturated rings. The van der Waals surface area contributed by atoms with Crippen LogP contribution in [-0.2, 0) is 9.53 Å². The van der Waals surface area contributed by atoms with Gasteiger partial charge in [-0.3, -0.25) is 4.79 Å². The Morgan fingerprint density at radius 2 is 2.19 bits per heavy atom. The summed E-state index contributed by atoms with van der Waals surface area (Å²) in [7, 11) is 3.58. The maximum absolute atomic E-state index is 11.5. The fourth-order valence-electron chi connectivity index (χ4n) is 2.09. The molecule has 4 heteroatoms. The Morgan fingerprint density at radius 3 is 2.62 bits per heavy atom. The SMILES string of the molecule is COC(=O)C(C)(C)CNC1CC(C)N(C)C1. The van der Waals surface area contributed by atoms with Gasteiger partial charge in [-0.25, -0.2) is 0 Å². The normalized spacial score (nSPS) is 27.1. The molecule has 1 heterocycles. The number of rotatable bonds is 4. The first-order valence-corrected chi connectivity index (χ1v) is 5.89. The second-order valence-corrected chi connectivity index (χ2v) is 5.48. The van der Waals surface area contributed by atoms with E-state index in [4.69, 9.17) is 4.74 Å². The highest BCUT2D eigenvalue weighted by Gasteiger charge is 2.32. The summed E-state index contributed by atoms with van der Waals surface area (Å²) >= 11 is 0. The van der Waals surface area contributed by atoms with Gasteiger partial charge in [0.25, 0.3) is 0 Å². The standard InChI is InChI=1S/C12H24N2O2/c1-9-6-10(7-14(9)4)13-8-12(2,3)11(15)16-5/h9-10,13H,6-8H2,1-5H3. The van der Waals surface area contributed by atoms with Crippen LogP contribution in [0.25, 0.3) is 0 Å². The van der Waals surface area contributed by atoms with Crippen molar-refractivity contribution in [1.29, 1.82) is 0 Å². The van der Waals surface area contributed by atoms with E-state index in [1.165, 1.54) is 7.11 Å². The number of carbonyl (C=O) groups excluding carboxylic acids is 1. The maximum Gasteiger partial charge on any atom is 0.312 e. The molecule has 2 unspecified atom stereocenters. The molecular weight excluding hydrogens is 204 g/mol. The summed E-state index contributed by atoms with van der Waals surface area (Å²) in [6.45, 7) is 7.78. The summed E-state index contributed by atoms with van der Waals surface area (Å²) < 4.78 is 4.78. The van der Waals surface area contributed by atoms with E-state index in [0.29, 0.717) is 18.6 Å². The number of ether oxygens (including phenoxy) is 1. The van der Waals surface area contributed by atoms with Crippen LogP contribution in [0.4, 0.5) is 0 Å². The number of likely N-dealkylation sites (tertiary alicyclic amines) is 1. The molecule has 0 saturated carbocycles. The Bertz CT molecular complexity index is 243. The molecule has 16 heavy (non-hydrogen) atoms. The van der Waals surface area contributed by atoms with E-state index in [1.54, 1.807) is 0 Å². The molecule has 0 radical (unpaired) electrons. The summed E-state index contributed by atoms with van der Waals surface area (Å²) in [6, 6.07) is 1.11. The van der Waals surface area contributed by atoms with Crippen LogP contribution in [0.15, 0.2) is 0 Å². The van der Waals surface area contributed by atoms with Crippen molar-refractivity contribution in [3.8, 4) is 0 Å². The van der Waals surface area contributed by atoms with Crippen molar-refractivity contribution in [1.82, 2.24) is 10.2 Å². The van der Waals surface area contributed by atoms with Gasteiger partial charge in [0, 0.05) is 25.2 Å². The molecule has 0 spiro atoms. The van der Waals surface area contributed by atoms with Gasteiger partial charge in [0.05, 0.1) is 12.5 Å². The average Bonchev–Trinajstić information content (AvgIpc) is 2.54. The molecule has 0 bridgehead atoms. The zero-order valence-electron chi connectivity index (χ0n) is 11.0. The Kier molecular flexibility index (Phi) is 4.33. The molecule has 94 valence electrons. The molecular formula is C12H24N2O2. The molecule has 0 aromatic heterocycles. The minimum absolute atomic E-state index is 0.153. The number of hydrogen-bond acceptors (Lipinski definition) is 4. The number of carbonyl (C=O) groups is 1. The summed E-state index contributed by atoms with van der Waals surface area (Å²) in [5, 5.41) is 3.46. The van der Waals surface area contributed by atoms with Gasteiger partial charge >= 0.3 is 5.97 Å². The topological polar surface area (TPSA) is 41.6 Å². The van der Waals surface area contributed by atoms with Gasteiger partial charge in [-0.2, -0.15) is 0 Å². The molecule has 2 atom stereocenters. The van der Waals surface area contributed by atoms with Crippen LogP contribution < -0.4 is 5.32 Å². The third-order valence-corrected chi connectivity index (χ3v) is 3.46. The molecule has 1 aliphatic rings. The van der Waals surface area contributed by atoms with Crippen molar-refractivity contribution >= 4 is 5.97 Å². The van der Waals surface area contributed by atoms with Crippen LogP contribution in [0.3, 0.4) is 0 Å². The number of hydrogen-bond donors (Lipinski definition) is 1. The zero-order chi connectivity index (χ0) is 12.3. The molecule has 1 N–H and O–H groups in total. The lowest BCUT2D eigenvalue weighted by Gasteiger charge is -2.24. The van der Waals surface area contributed by atoms with Crippen molar-refractivity contribution in [2.75, 3.05) is 27.2 Å². The molecule has 1 rings (SSSR count). The number of methoxy groups -OCH3 is 1. The van der Waals surface area contributed by atoms with Gasteiger partial charge in [0.1, 0.15) is 0 Å². The Hall–Kier alpha value is -0.610. The number of esters is 1. The largest absolute Gasteiger partial charge is 0.469 e. The first-order valence-electron chi connectivity index (χ1n) is 5.89. The van der Waals surface area contributed by atoms with Gasteiger partial charge in [-0.05, 0) is 34.2 Å². The predicted molar refractivity (Wildman–Crippen MR) is 64.3 cm³/mol. The van der Waals surface area contributed by atoms with E-state index in [0.717, 1.165) is 13.0 Å². The minimum atomic E-state index is -0.445. The lowest BCUT2D eigenvalue weighted by molar-refractivity contribution is -0.150. The van der Waals surface area contributed by atoms with Crippen molar-refractivity contribution in [3.63, 3.8) is 0 Å². The van der Waals surface area contributed by atoms with E-state index in [9.17, 15) is 4.79 Å². The van der Waals surface area contributed by atoms with Gasteiger partial charge in [-0.15, -0.1) is 0 Å². The van der Waals surface area contributed by atoms with E-state index in [-0.39, 0.29) is 5.97 Å². The molecule has 0 aliphatic carbocycles. The van der Waals surface area contributed by atoms with Gasteiger partial charge in [-0.1, -0.05) is 0 Å². The van der Waals surface area contributed by atoms with Crippen LogP contribution in [0.2, 0.25) is 0 Å². The predicted octanol–water partition coefficient (Wildman–Crippen LogP) is 0.868. The Morgan fingerprint density at radius 1 is 1.56 bits per heavy atom. The molecule has 0 amide bonds. The second kappa shape index (κ2) is 5.15. The van der Waals surface area contributed by atoms with E-state index in [2.05, 4.69) is 24.2 Å². The van der Waals surface area contributed by atoms with Crippen LogP contribution in [0.5, 0.6) is 0 Å². The third-order valence-electron chi connectivity index (χ3n) is 3.46. The van der Waals surface area contributed by atoms with Crippen LogP contribution in [0.1, 0.15) is 27.2 Å². The lowest BCUT2D eigenvalue weighted by atomic mass is 9.93. The summed E-state index contributed by atoms with van der Waals surface area (Å²) in [6.07, 6.45) is 1.15. The molecule has 4 nitrogen and oxygen atoms in total. The number of nitrogens with one attached hydrogen (secondary N) is 1. The molecule has 1 saturated heterocycles. The van der Waals surface area contributed by atoms with Crippen LogP contribution in [0, 0.1) is 5.41 Å². The first-order chi connectivity index (χ1) is 7.36. The van der Waals surface area contributed by atoms with Gasteiger partial charge in [0.2, 0.25) is 0 Å². The maximum atomic E-state index is 11.5. The molecule has 0 aromatic rings. The third kappa shape index (κ3) is 3.19. The fraction of sp³-hybridized carbons (Fsp3) is 0.917. The Labute approximate surface area is 98.3 Å². The minimum Gasteiger partial charge on any atom is -0.469 e. The van der Waals surface area contributed by atoms with Gasteiger partial charge in [0.15, 0.2) is 0 Å². The van der Waals surface area contributed by atoms with E-state index >= 15 is 0 Å². The highest BCUT2D eigenvalue weighted by atomic mass is 16.5. The molecule has 0 aromatic carbocycles. The van der Waals surface area contributed by atoms with Crippen molar-refractivity contribution in [2.24, 2.45) is 5.41 Å². The smallest absolute Gasteiger partial charge is 0.312 e. The lowest BCUT2D eigenvalue weighted by Crippen LogP contribution is -2.42. The zero-order valence-corrected chi connectivity index (χ0v) is 11.0. The number of nitrogens with zero attached hydrogens (tertiary/aromatic N) is 1. The molecule has 1 aliphatic heterocycles. The van der Waals surface area contributed by atoms with Crippen LogP contribution in [-0.4, -0.2) is 50.2 Å². The summed E-state index contributed by atoms with van der Waals surface area (Å²) in [4.78, 5) is 13.8. The van der Waals surface area contributed by atoms with E-state index in [1.807, 2.05) is 13.8 Å². The van der Waals surface area contributed by atoms with Crippen molar-refractivity contribution in [2.45, 2.75) is 39.3 Å². The van der Waals surface area contributed by atoms with Crippen molar-refractivity contribution < 1.29 is 9.53 Å². The monoisotopic (exact) mass is 228 g/mol. The second-order valence-electron chi connectivity index (χ2n) is 5.48. The van der Waals surface area contributed by atoms with Gasteiger partial charge < -0.3 is 15.0 Å². The average molecular weight is 228 g/mol. The van der Waals surface area contributed by atoms with Crippen molar-refractivity contribution in [3.05, 3.63) is 0 Å². The van der Waals surface area contributed by atoms with Crippen LogP contribution >= 0.6 is 0 Å². The quantitative estimate of drug-likeness (QED) is 0.725. The summed E-state index contributed by atoms with van der Waals surface area (Å²) in [5.74, 6) is -0.153. The highest BCUT2D eigenvalue weighted by Crippen LogP contribution is 2.19. The van der Waals surface area contributed by atoms with E-state index < -0.39 is 5.41 Å². The first kappa shape index (κ1) is 13.5. The fourth-order valence-corrected chi connectivity index (χ4v) is 2.09. The summed E-state index contributed by atoms with van der Waals surface area (Å²) in [5.41, 5.74) is -0.445. The number of likely N-dealkylation sites (N-methyl/N-ethyl adjacent to an activating group) is 1. The highest BCUT2D eigenvalue weighted by molar-refractivity contribution is 5.76.